The Morgan fingerprint density at radius 1 is 1.29 bits per heavy atom. The number of carbonyl (C=O) groups excluding carboxylic acids is 1. The van der Waals surface area contributed by atoms with Crippen molar-refractivity contribution in [1.82, 2.24) is 10.2 Å². The van der Waals surface area contributed by atoms with Gasteiger partial charge in [0.15, 0.2) is 5.96 Å². The van der Waals surface area contributed by atoms with Crippen molar-refractivity contribution in [3.05, 3.63) is 0 Å². The molecule has 0 aromatic carbocycles. The van der Waals surface area contributed by atoms with Crippen LogP contribution >= 0.6 is 0 Å². The van der Waals surface area contributed by atoms with E-state index >= 15 is 0 Å². The van der Waals surface area contributed by atoms with Crippen LogP contribution in [0.25, 0.3) is 0 Å². The molecule has 8 heteroatoms. The Kier molecular flexibility index (Phi) is 30.6. The summed E-state index contributed by atoms with van der Waals surface area (Å²) < 4.78 is 0. The Labute approximate surface area is 169 Å². The zero-order chi connectivity index (χ0) is 10.1. The van der Waals surface area contributed by atoms with Crippen LogP contribution in [0.15, 0.2) is 4.99 Å². The number of nitrogens with one attached hydrogen (secondary N) is 1. The summed E-state index contributed by atoms with van der Waals surface area (Å²) in [7, 11) is 7.49. The van der Waals surface area contributed by atoms with E-state index in [9.17, 15) is 0 Å². The Hall–Kier alpha value is 1.81. The number of rotatable bonds is 0. The van der Waals surface area contributed by atoms with Gasteiger partial charge in [0.2, 0.25) is 0 Å². The number of hydrogen-bond donors (Lipinski definition) is 1. The maximum Gasteiger partial charge on any atom is 1.00 e. The molecule has 0 heterocycles. The van der Waals surface area contributed by atoms with Crippen molar-refractivity contribution in [3.63, 3.8) is 0 Å². The number of carboxylic acid groups (broad SMARTS) is 2. The SMILES string of the molecule is CN=C(NC)N(C)C.O=C([O-])[O-].[K+].[K+]. The number of aliphatic imine (C=N–C) groups is 1. The Bertz CT molecular complexity index is 160. The summed E-state index contributed by atoms with van der Waals surface area (Å²) in [6, 6.07) is 0. The molecule has 0 saturated carbocycles. The molecule has 1 N–H and O–H groups in total. The standard InChI is InChI=1S/C5H13N3.CH2O3.2K/c1-6-5(7-2)8(3)4;2-1(3)4;;/h1-4H3,(H,6,7);(H2,2,3,4);;/q;;2*+1/p-2. The van der Waals surface area contributed by atoms with Gasteiger partial charge in [0.25, 0.3) is 0 Å². The first-order chi connectivity index (χ1) is 5.45. The quantitative estimate of drug-likeness (QED) is 0.263. The van der Waals surface area contributed by atoms with Crippen LogP contribution in [0, 0.1) is 0 Å². The fourth-order valence-corrected chi connectivity index (χ4v) is 0.535. The predicted molar refractivity (Wildman–Crippen MR) is 41.5 cm³/mol. The van der Waals surface area contributed by atoms with Crippen molar-refractivity contribution in [2.24, 2.45) is 4.99 Å². The van der Waals surface area contributed by atoms with Gasteiger partial charge in [-0.05, 0) is 6.16 Å². The number of nitrogens with zero attached hydrogens (tertiary/aromatic N) is 2. The maximum absolute atomic E-state index is 8.33. The average molecular weight is 253 g/mol. The number of guanidine groups is 1. The fourth-order valence-electron chi connectivity index (χ4n) is 0.535. The molecule has 0 unspecified atom stereocenters. The molecule has 0 saturated heterocycles. The first-order valence-electron chi connectivity index (χ1n) is 3.15. The normalized spacial score (nSPS) is 8.14. The van der Waals surface area contributed by atoms with Gasteiger partial charge in [0.05, 0.1) is 0 Å². The minimum Gasteiger partial charge on any atom is -0.652 e. The molecule has 0 aromatic rings. The van der Waals surface area contributed by atoms with Crippen molar-refractivity contribution in [2.75, 3.05) is 28.2 Å². The van der Waals surface area contributed by atoms with E-state index < -0.39 is 6.16 Å². The van der Waals surface area contributed by atoms with Crippen LogP contribution in [0.5, 0.6) is 0 Å². The van der Waals surface area contributed by atoms with E-state index in [0.29, 0.717) is 0 Å². The molecule has 0 bridgehead atoms. The monoisotopic (exact) mass is 253 g/mol. The fraction of sp³-hybridized carbons (Fsp3) is 0.667. The van der Waals surface area contributed by atoms with Gasteiger partial charge in [-0.25, -0.2) is 0 Å². The van der Waals surface area contributed by atoms with Crippen LogP contribution in [0.3, 0.4) is 0 Å². The molecular weight excluding hydrogens is 240 g/mol. The summed E-state index contributed by atoms with van der Waals surface area (Å²) in [6.07, 6.45) is -2.33. The maximum atomic E-state index is 8.33. The van der Waals surface area contributed by atoms with E-state index in [0.717, 1.165) is 5.96 Å². The van der Waals surface area contributed by atoms with Gasteiger partial charge in [-0.2, -0.15) is 0 Å². The van der Waals surface area contributed by atoms with Crippen LogP contribution in [0.1, 0.15) is 0 Å². The molecule has 14 heavy (non-hydrogen) atoms. The predicted octanol–water partition coefficient (Wildman–Crippen LogP) is -8.69. The first-order valence-corrected chi connectivity index (χ1v) is 3.15. The van der Waals surface area contributed by atoms with Crippen molar-refractivity contribution in [2.45, 2.75) is 0 Å². The molecule has 0 radical (unpaired) electrons. The van der Waals surface area contributed by atoms with Gasteiger partial charge in [-0.1, -0.05) is 0 Å². The van der Waals surface area contributed by atoms with Crippen molar-refractivity contribution in [1.29, 1.82) is 0 Å². The molecule has 0 amide bonds. The van der Waals surface area contributed by atoms with E-state index in [2.05, 4.69) is 10.3 Å². The summed E-state index contributed by atoms with van der Waals surface area (Å²) in [6.45, 7) is 0. The average Bonchev–Trinajstić information content (AvgIpc) is 1.87. The van der Waals surface area contributed by atoms with Crippen molar-refractivity contribution in [3.8, 4) is 0 Å². The van der Waals surface area contributed by atoms with E-state index in [4.69, 9.17) is 15.0 Å². The van der Waals surface area contributed by atoms with Gasteiger partial charge in [0.1, 0.15) is 0 Å². The van der Waals surface area contributed by atoms with Gasteiger partial charge in [-0.15, -0.1) is 0 Å². The molecule has 0 atom stereocenters. The molecule has 0 spiro atoms. The van der Waals surface area contributed by atoms with Crippen LogP contribution < -0.4 is 118 Å². The molecule has 0 aromatic heterocycles. The third kappa shape index (κ3) is 23.5. The van der Waals surface area contributed by atoms with Crippen molar-refractivity contribution < 1.29 is 118 Å². The van der Waals surface area contributed by atoms with E-state index in [1.807, 2.05) is 26.0 Å². The molecule has 0 aliphatic heterocycles. The summed E-state index contributed by atoms with van der Waals surface area (Å²) in [5.74, 6) is 0.894. The molecule has 6 nitrogen and oxygen atoms in total. The molecule has 72 valence electrons. The van der Waals surface area contributed by atoms with E-state index in [1.165, 1.54) is 0 Å². The molecule has 0 aliphatic rings. The number of hydrogen-bond acceptors (Lipinski definition) is 4. The second-order valence-electron chi connectivity index (χ2n) is 1.94. The van der Waals surface area contributed by atoms with Crippen LogP contribution in [0.4, 0.5) is 4.79 Å². The smallest absolute Gasteiger partial charge is 0.652 e. The van der Waals surface area contributed by atoms with E-state index in [1.54, 1.807) is 7.05 Å². The topological polar surface area (TPSA) is 90.8 Å². The summed E-state index contributed by atoms with van der Waals surface area (Å²) in [5, 5.41) is 19.6. The van der Waals surface area contributed by atoms with Gasteiger partial charge < -0.3 is 25.2 Å². The van der Waals surface area contributed by atoms with Crippen LogP contribution in [0.2, 0.25) is 0 Å². The Morgan fingerprint density at radius 2 is 1.57 bits per heavy atom. The van der Waals surface area contributed by atoms with Crippen LogP contribution in [-0.4, -0.2) is 45.2 Å². The van der Waals surface area contributed by atoms with Crippen molar-refractivity contribution >= 4 is 12.1 Å². The minimum absolute atomic E-state index is 0. The third-order valence-electron chi connectivity index (χ3n) is 0.859. The molecular formula is C6H13K2N3O3. The third-order valence-corrected chi connectivity index (χ3v) is 0.859. The largest absolute Gasteiger partial charge is 1.00 e. The van der Waals surface area contributed by atoms with Gasteiger partial charge in [-0.3, -0.25) is 4.99 Å². The zero-order valence-corrected chi connectivity index (χ0v) is 15.9. The van der Waals surface area contributed by atoms with E-state index in [-0.39, 0.29) is 103 Å². The Balaban J connectivity index is -0.0000000733. The first kappa shape index (κ1) is 24.9. The summed E-state index contributed by atoms with van der Waals surface area (Å²) >= 11 is 0. The second-order valence-corrected chi connectivity index (χ2v) is 1.94. The van der Waals surface area contributed by atoms with Crippen LogP contribution in [-0.2, 0) is 0 Å². The van der Waals surface area contributed by atoms with Gasteiger partial charge in [0, 0.05) is 28.2 Å². The summed E-state index contributed by atoms with van der Waals surface area (Å²) in [4.78, 5) is 14.2. The Morgan fingerprint density at radius 3 is 1.57 bits per heavy atom. The molecule has 0 rings (SSSR count). The second kappa shape index (κ2) is 17.2. The van der Waals surface area contributed by atoms with Gasteiger partial charge >= 0.3 is 103 Å². The minimum atomic E-state index is -2.33. The summed E-state index contributed by atoms with van der Waals surface area (Å²) in [5.41, 5.74) is 0. The molecule has 0 fully saturated rings. The number of carbonyl (C=O) groups is 1. The molecule has 0 aliphatic carbocycles. The zero-order valence-electron chi connectivity index (χ0n) is 9.62.